The minimum absolute atomic E-state index is 0.0262. The fourth-order valence-corrected chi connectivity index (χ4v) is 2.42. The first-order valence-electron chi connectivity index (χ1n) is 7.37. The van der Waals surface area contributed by atoms with Crippen molar-refractivity contribution in [1.29, 1.82) is 0 Å². The van der Waals surface area contributed by atoms with E-state index in [0.29, 0.717) is 11.6 Å². The van der Waals surface area contributed by atoms with E-state index < -0.39 is 0 Å². The molecule has 6 heteroatoms. The number of aromatic nitrogens is 2. The summed E-state index contributed by atoms with van der Waals surface area (Å²) in [5.41, 5.74) is 0.719. The van der Waals surface area contributed by atoms with Crippen LogP contribution in [0.25, 0.3) is 0 Å². The lowest BCUT2D eigenvalue weighted by molar-refractivity contribution is -0.120. The number of hydrogen-bond donors (Lipinski definition) is 2. The number of nitrogens with one attached hydrogen (secondary N) is 2. The van der Waals surface area contributed by atoms with Gasteiger partial charge in [-0.05, 0) is 31.5 Å². The van der Waals surface area contributed by atoms with Gasteiger partial charge in [0, 0.05) is 30.7 Å². The number of carbonyl (C=O) groups excluding carboxylic acids is 1. The first kappa shape index (κ1) is 14.5. The van der Waals surface area contributed by atoms with Gasteiger partial charge < -0.3 is 15.4 Å². The van der Waals surface area contributed by atoms with Gasteiger partial charge in [0.25, 0.3) is 0 Å². The van der Waals surface area contributed by atoms with Crippen molar-refractivity contribution < 1.29 is 9.53 Å². The topological polar surface area (TPSA) is 76.1 Å². The molecular weight excluding hydrogens is 280 g/mol. The van der Waals surface area contributed by atoms with E-state index >= 15 is 0 Å². The molecule has 22 heavy (non-hydrogen) atoms. The third kappa shape index (κ3) is 3.79. The van der Waals surface area contributed by atoms with Gasteiger partial charge in [-0.1, -0.05) is 6.07 Å². The van der Waals surface area contributed by atoms with Gasteiger partial charge >= 0.3 is 0 Å². The number of rotatable bonds is 4. The molecule has 3 rings (SSSR count). The van der Waals surface area contributed by atoms with Crippen LogP contribution in [0.1, 0.15) is 12.8 Å². The third-order valence-corrected chi connectivity index (χ3v) is 3.53. The number of amides is 1. The van der Waals surface area contributed by atoms with Gasteiger partial charge in [-0.3, -0.25) is 9.78 Å². The summed E-state index contributed by atoms with van der Waals surface area (Å²) in [7, 11) is 0. The highest BCUT2D eigenvalue weighted by Crippen LogP contribution is 2.23. The van der Waals surface area contributed by atoms with Crippen molar-refractivity contribution in [3.63, 3.8) is 0 Å². The Morgan fingerprint density at radius 1 is 1.36 bits per heavy atom. The van der Waals surface area contributed by atoms with Crippen LogP contribution in [0.4, 0.5) is 5.69 Å². The molecule has 1 saturated heterocycles. The van der Waals surface area contributed by atoms with Crippen molar-refractivity contribution in [3.8, 4) is 11.6 Å². The van der Waals surface area contributed by atoms with Crippen LogP contribution in [-0.2, 0) is 4.79 Å². The molecule has 6 nitrogen and oxygen atoms in total. The predicted octanol–water partition coefficient (Wildman–Crippen LogP) is 2.21. The van der Waals surface area contributed by atoms with Gasteiger partial charge in [0.15, 0.2) is 0 Å². The van der Waals surface area contributed by atoms with Crippen LogP contribution >= 0.6 is 0 Å². The molecule has 2 aromatic rings. The second-order valence-electron chi connectivity index (χ2n) is 5.21. The molecule has 0 bridgehead atoms. The monoisotopic (exact) mass is 298 g/mol. The van der Waals surface area contributed by atoms with Crippen molar-refractivity contribution in [3.05, 3.63) is 42.9 Å². The van der Waals surface area contributed by atoms with Crippen LogP contribution in [0, 0.1) is 5.92 Å². The smallest absolute Gasteiger partial charge is 0.237 e. The molecule has 1 atom stereocenters. The van der Waals surface area contributed by atoms with Crippen LogP contribution in [0.5, 0.6) is 11.6 Å². The minimum atomic E-state index is 0.0262. The van der Waals surface area contributed by atoms with Crippen LogP contribution in [0.2, 0.25) is 0 Å². The molecule has 0 aliphatic carbocycles. The number of benzene rings is 1. The predicted molar refractivity (Wildman–Crippen MR) is 82.8 cm³/mol. The van der Waals surface area contributed by atoms with E-state index in [9.17, 15) is 4.79 Å². The van der Waals surface area contributed by atoms with Crippen LogP contribution in [0.3, 0.4) is 0 Å². The van der Waals surface area contributed by atoms with Crippen molar-refractivity contribution in [1.82, 2.24) is 15.3 Å². The van der Waals surface area contributed by atoms with Gasteiger partial charge in [0.1, 0.15) is 5.75 Å². The standard InChI is InChI=1S/C16H18N4O2/c21-16(12-3-2-6-17-10-12)20-13-4-1-5-14(9-13)22-15-11-18-7-8-19-15/h1,4-5,7-9,11-12,17H,2-3,6,10H2,(H,20,21). The summed E-state index contributed by atoms with van der Waals surface area (Å²) in [4.78, 5) is 20.2. The molecule has 114 valence electrons. The van der Waals surface area contributed by atoms with E-state index in [0.717, 1.165) is 31.6 Å². The zero-order valence-electron chi connectivity index (χ0n) is 12.2. The molecule has 0 radical (unpaired) electrons. The van der Waals surface area contributed by atoms with Crippen molar-refractivity contribution in [2.24, 2.45) is 5.92 Å². The van der Waals surface area contributed by atoms with Gasteiger partial charge in [-0.15, -0.1) is 0 Å². The van der Waals surface area contributed by atoms with Crippen LogP contribution in [0.15, 0.2) is 42.9 Å². The quantitative estimate of drug-likeness (QED) is 0.905. The summed E-state index contributed by atoms with van der Waals surface area (Å²) < 4.78 is 5.61. The number of piperidine rings is 1. The Labute approximate surface area is 128 Å². The van der Waals surface area contributed by atoms with E-state index in [1.165, 1.54) is 0 Å². The van der Waals surface area contributed by atoms with Gasteiger partial charge in [-0.2, -0.15) is 0 Å². The Balaban J connectivity index is 1.64. The summed E-state index contributed by atoms with van der Waals surface area (Å²) in [5, 5.41) is 6.19. The molecule has 1 aromatic carbocycles. The fraction of sp³-hybridized carbons (Fsp3) is 0.312. The maximum absolute atomic E-state index is 12.2. The first-order chi connectivity index (χ1) is 10.8. The lowest BCUT2D eigenvalue weighted by Crippen LogP contribution is -2.37. The Hall–Kier alpha value is -2.47. The van der Waals surface area contributed by atoms with Crippen molar-refractivity contribution in [2.75, 3.05) is 18.4 Å². The fourth-order valence-electron chi connectivity index (χ4n) is 2.42. The molecule has 0 spiro atoms. The Morgan fingerprint density at radius 3 is 3.09 bits per heavy atom. The van der Waals surface area contributed by atoms with E-state index in [1.54, 1.807) is 24.7 Å². The second-order valence-corrected chi connectivity index (χ2v) is 5.21. The molecule has 1 fully saturated rings. The summed E-state index contributed by atoms with van der Waals surface area (Å²) >= 11 is 0. The lowest BCUT2D eigenvalue weighted by atomic mass is 9.99. The molecule has 2 N–H and O–H groups in total. The average Bonchev–Trinajstić information content (AvgIpc) is 2.57. The van der Waals surface area contributed by atoms with E-state index in [-0.39, 0.29) is 11.8 Å². The highest BCUT2D eigenvalue weighted by molar-refractivity contribution is 5.92. The Bertz CT molecular complexity index is 627. The highest BCUT2D eigenvalue weighted by Gasteiger charge is 2.20. The summed E-state index contributed by atoms with van der Waals surface area (Å²) in [6.07, 6.45) is 6.65. The molecule has 1 aliphatic heterocycles. The highest BCUT2D eigenvalue weighted by atomic mass is 16.5. The minimum Gasteiger partial charge on any atom is -0.437 e. The summed E-state index contributed by atoms with van der Waals surface area (Å²) in [5.74, 6) is 1.10. The molecule has 1 aliphatic rings. The number of hydrogen-bond acceptors (Lipinski definition) is 5. The van der Waals surface area contributed by atoms with E-state index in [1.807, 2.05) is 18.2 Å². The maximum Gasteiger partial charge on any atom is 0.237 e. The number of nitrogens with zero attached hydrogens (tertiary/aromatic N) is 2. The maximum atomic E-state index is 12.2. The summed E-state index contributed by atoms with van der Waals surface area (Å²) in [6, 6.07) is 7.27. The van der Waals surface area contributed by atoms with Gasteiger partial charge in [0.2, 0.25) is 11.8 Å². The van der Waals surface area contributed by atoms with Crippen molar-refractivity contribution >= 4 is 11.6 Å². The lowest BCUT2D eigenvalue weighted by Gasteiger charge is -2.22. The molecular formula is C16H18N4O2. The van der Waals surface area contributed by atoms with Crippen LogP contribution < -0.4 is 15.4 Å². The molecule has 1 amide bonds. The molecule has 1 unspecified atom stereocenters. The average molecular weight is 298 g/mol. The third-order valence-electron chi connectivity index (χ3n) is 3.53. The second kappa shape index (κ2) is 7.00. The van der Waals surface area contributed by atoms with E-state index in [2.05, 4.69) is 20.6 Å². The van der Waals surface area contributed by atoms with Crippen molar-refractivity contribution in [2.45, 2.75) is 12.8 Å². The van der Waals surface area contributed by atoms with Gasteiger partial charge in [0.05, 0.1) is 12.1 Å². The number of anilines is 1. The number of carbonyl (C=O) groups is 1. The molecule has 0 saturated carbocycles. The Morgan fingerprint density at radius 2 is 2.32 bits per heavy atom. The zero-order chi connectivity index (χ0) is 15.2. The first-order valence-corrected chi connectivity index (χ1v) is 7.37. The van der Waals surface area contributed by atoms with E-state index in [4.69, 9.17) is 4.74 Å². The largest absolute Gasteiger partial charge is 0.437 e. The summed E-state index contributed by atoms with van der Waals surface area (Å²) in [6.45, 7) is 1.73. The number of ether oxygens (including phenoxy) is 1. The molecule has 1 aromatic heterocycles. The SMILES string of the molecule is O=C(Nc1cccc(Oc2cnccn2)c1)C1CCCNC1. The van der Waals surface area contributed by atoms with Crippen LogP contribution in [-0.4, -0.2) is 29.0 Å². The molecule has 2 heterocycles. The Kier molecular flexibility index (Phi) is 4.60. The zero-order valence-corrected chi connectivity index (χ0v) is 12.2. The normalized spacial score (nSPS) is 17.7. The van der Waals surface area contributed by atoms with Gasteiger partial charge in [-0.25, -0.2) is 4.98 Å².